The highest BCUT2D eigenvalue weighted by Crippen LogP contribution is 2.37. The van der Waals surface area contributed by atoms with Crippen molar-refractivity contribution < 1.29 is 4.79 Å². The van der Waals surface area contributed by atoms with Crippen LogP contribution in [0.25, 0.3) is 0 Å². The van der Waals surface area contributed by atoms with E-state index in [9.17, 15) is 4.79 Å². The zero-order valence-corrected chi connectivity index (χ0v) is 14.1. The summed E-state index contributed by atoms with van der Waals surface area (Å²) in [6, 6.07) is 0.130. The molecule has 1 amide bonds. The molecule has 5 heteroatoms. The lowest BCUT2D eigenvalue weighted by Gasteiger charge is -2.37. The van der Waals surface area contributed by atoms with Gasteiger partial charge in [0.15, 0.2) is 0 Å². The first-order valence-corrected chi connectivity index (χ1v) is 7.96. The Labute approximate surface area is 128 Å². The predicted molar refractivity (Wildman–Crippen MR) is 87.6 cm³/mol. The van der Waals surface area contributed by atoms with E-state index in [0.29, 0.717) is 10.9 Å². The van der Waals surface area contributed by atoms with Crippen molar-refractivity contribution in [3.63, 3.8) is 0 Å². The highest BCUT2D eigenvalue weighted by atomic mass is 32.1. The number of thiocarbonyl (C=S) groups is 1. The molecule has 0 bridgehead atoms. The third kappa shape index (κ3) is 4.16. The fourth-order valence-corrected chi connectivity index (χ4v) is 3.16. The van der Waals surface area contributed by atoms with Crippen molar-refractivity contribution in [2.45, 2.75) is 52.0 Å². The fourth-order valence-electron chi connectivity index (χ4n) is 2.86. The lowest BCUT2D eigenvalue weighted by molar-refractivity contribution is -0.130. The molecule has 0 radical (unpaired) electrons. The van der Waals surface area contributed by atoms with Crippen LogP contribution >= 0.6 is 12.2 Å². The molecule has 20 heavy (non-hydrogen) atoms. The van der Waals surface area contributed by atoms with E-state index in [4.69, 9.17) is 18.0 Å². The molecule has 0 saturated heterocycles. The Morgan fingerprint density at radius 1 is 1.30 bits per heavy atom. The lowest BCUT2D eigenvalue weighted by Crippen LogP contribution is -2.55. The zero-order chi connectivity index (χ0) is 15.3. The van der Waals surface area contributed by atoms with Crippen LogP contribution in [0.1, 0.15) is 46.0 Å². The second-order valence-electron chi connectivity index (χ2n) is 6.59. The average Bonchev–Trinajstić information content (AvgIpc) is 2.37. The maximum absolute atomic E-state index is 12.8. The van der Waals surface area contributed by atoms with Gasteiger partial charge in [0.2, 0.25) is 5.91 Å². The maximum Gasteiger partial charge on any atom is 0.233 e. The molecule has 1 unspecified atom stereocenters. The quantitative estimate of drug-likeness (QED) is 0.736. The molecule has 3 N–H and O–H groups in total. The summed E-state index contributed by atoms with van der Waals surface area (Å²) in [6.45, 7) is 5.09. The fraction of sp³-hybridized carbons (Fsp3) is 0.867. The van der Waals surface area contributed by atoms with Crippen molar-refractivity contribution >= 4 is 23.1 Å². The molecule has 0 spiro atoms. The summed E-state index contributed by atoms with van der Waals surface area (Å²) in [6.07, 6.45) is 4.82. The number of carbonyl (C=O) groups excluding carboxylic acids is 1. The molecule has 4 nitrogen and oxygen atoms in total. The molecule has 1 saturated carbocycles. The minimum Gasteiger partial charge on any atom is -0.392 e. The Balaban J connectivity index is 2.81. The normalized spacial score (nSPS) is 19.9. The molecule has 1 aliphatic rings. The van der Waals surface area contributed by atoms with Gasteiger partial charge in [-0.1, -0.05) is 45.3 Å². The van der Waals surface area contributed by atoms with E-state index >= 15 is 0 Å². The van der Waals surface area contributed by atoms with Crippen molar-refractivity contribution in [3.8, 4) is 0 Å². The summed E-state index contributed by atoms with van der Waals surface area (Å²) in [5.41, 5.74) is 5.30. The summed E-state index contributed by atoms with van der Waals surface area (Å²) in [5.74, 6) is 0.415. The largest absolute Gasteiger partial charge is 0.392 e. The highest BCUT2D eigenvalue weighted by Gasteiger charge is 2.43. The number of carbonyl (C=O) groups is 1. The molecule has 0 aliphatic heterocycles. The standard InChI is InChI=1S/C15H29N3OS/c1-11(2)12(10-18(3)4)17-14(19)15(13(16)20)8-6-5-7-9-15/h11-12H,5-10H2,1-4H3,(H2,16,20)(H,17,19). The minimum absolute atomic E-state index is 0.0326. The third-order valence-corrected chi connectivity index (χ3v) is 4.69. The SMILES string of the molecule is CC(C)C(CN(C)C)NC(=O)C1(C(N)=S)CCCCC1. The molecule has 0 heterocycles. The first-order chi connectivity index (χ1) is 9.29. The molecule has 0 aromatic carbocycles. The van der Waals surface area contributed by atoms with Gasteiger partial charge in [-0.2, -0.15) is 0 Å². The first kappa shape index (κ1) is 17.4. The highest BCUT2D eigenvalue weighted by molar-refractivity contribution is 7.80. The molecule has 116 valence electrons. The van der Waals surface area contributed by atoms with Crippen LogP contribution in [0.3, 0.4) is 0 Å². The lowest BCUT2D eigenvalue weighted by atomic mass is 9.73. The van der Waals surface area contributed by atoms with Crippen molar-refractivity contribution in [1.29, 1.82) is 0 Å². The number of hydrogen-bond acceptors (Lipinski definition) is 3. The molecule has 0 aromatic rings. The van der Waals surface area contributed by atoms with Gasteiger partial charge >= 0.3 is 0 Å². The Kier molecular flexibility index (Phi) is 6.40. The monoisotopic (exact) mass is 299 g/mol. The number of likely N-dealkylation sites (N-methyl/N-ethyl adjacent to an activating group) is 1. The van der Waals surface area contributed by atoms with Crippen molar-refractivity contribution in [1.82, 2.24) is 10.2 Å². The van der Waals surface area contributed by atoms with E-state index in [1.807, 2.05) is 14.1 Å². The van der Waals surface area contributed by atoms with Crippen molar-refractivity contribution in [2.24, 2.45) is 17.1 Å². The maximum atomic E-state index is 12.8. The molecule has 0 aromatic heterocycles. The number of rotatable bonds is 6. The summed E-state index contributed by atoms with van der Waals surface area (Å²) >= 11 is 5.22. The van der Waals surface area contributed by atoms with Crippen LogP contribution in [0.5, 0.6) is 0 Å². The number of nitrogens with two attached hydrogens (primary N) is 1. The van der Waals surface area contributed by atoms with E-state index < -0.39 is 5.41 Å². The molecular formula is C15H29N3OS. The topological polar surface area (TPSA) is 58.4 Å². The van der Waals surface area contributed by atoms with Crippen LogP contribution in [-0.2, 0) is 4.79 Å². The Morgan fingerprint density at radius 2 is 1.85 bits per heavy atom. The Morgan fingerprint density at radius 3 is 2.25 bits per heavy atom. The van der Waals surface area contributed by atoms with Crippen LogP contribution < -0.4 is 11.1 Å². The smallest absolute Gasteiger partial charge is 0.233 e. The number of nitrogens with zero attached hydrogens (tertiary/aromatic N) is 1. The second-order valence-corrected chi connectivity index (χ2v) is 7.03. The predicted octanol–water partition coefficient (Wildman–Crippen LogP) is 1.93. The number of nitrogens with one attached hydrogen (secondary N) is 1. The zero-order valence-electron chi connectivity index (χ0n) is 13.2. The van der Waals surface area contributed by atoms with Gasteiger partial charge in [0.1, 0.15) is 0 Å². The van der Waals surface area contributed by atoms with Gasteiger partial charge in [-0.3, -0.25) is 4.79 Å². The van der Waals surface area contributed by atoms with E-state index in [2.05, 4.69) is 24.1 Å². The average molecular weight is 299 g/mol. The van der Waals surface area contributed by atoms with E-state index in [1.54, 1.807) is 0 Å². The molecule has 1 rings (SSSR count). The second kappa shape index (κ2) is 7.36. The summed E-state index contributed by atoms with van der Waals surface area (Å²) < 4.78 is 0. The third-order valence-electron chi connectivity index (χ3n) is 4.30. The number of amides is 1. The van der Waals surface area contributed by atoms with Gasteiger partial charge in [0.05, 0.1) is 10.4 Å². The van der Waals surface area contributed by atoms with Crippen LogP contribution in [0.2, 0.25) is 0 Å². The number of hydrogen-bond donors (Lipinski definition) is 2. The van der Waals surface area contributed by atoms with Gasteiger partial charge in [-0.25, -0.2) is 0 Å². The van der Waals surface area contributed by atoms with Crippen molar-refractivity contribution in [3.05, 3.63) is 0 Å². The molecule has 1 atom stereocenters. The summed E-state index contributed by atoms with van der Waals surface area (Å²) in [4.78, 5) is 15.2. The molecule has 1 aliphatic carbocycles. The van der Waals surface area contributed by atoms with Gasteiger partial charge < -0.3 is 16.0 Å². The molecule has 1 fully saturated rings. The Bertz CT molecular complexity index is 349. The van der Waals surface area contributed by atoms with Crippen LogP contribution in [-0.4, -0.2) is 42.5 Å². The molecular weight excluding hydrogens is 270 g/mol. The van der Waals surface area contributed by atoms with Gasteiger partial charge in [0, 0.05) is 12.6 Å². The van der Waals surface area contributed by atoms with Crippen LogP contribution in [0, 0.1) is 11.3 Å². The van der Waals surface area contributed by atoms with E-state index in [-0.39, 0.29) is 11.9 Å². The first-order valence-electron chi connectivity index (χ1n) is 7.55. The summed E-state index contributed by atoms with van der Waals surface area (Å²) in [5, 5.41) is 3.19. The van der Waals surface area contributed by atoms with Crippen LogP contribution in [0.15, 0.2) is 0 Å². The van der Waals surface area contributed by atoms with E-state index in [1.165, 1.54) is 6.42 Å². The van der Waals surface area contributed by atoms with Crippen molar-refractivity contribution in [2.75, 3.05) is 20.6 Å². The minimum atomic E-state index is -0.618. The van der Waals surface area contributed by atoms with Crippen LogP contribution in [0.4, 0.5) is 0 Å². The Hall–Kier alpha value is -0.680. The van der Waals surface area contributed by atoms with E-state index in [0.717, 1.165) is 32.2 Å². The van der Waals surface area contributed by atoms with Gasteiger partial charge in [0.25, 0.3) is 0 Å². The summed E-state index contributed by atoms with van der Waals surface area (Å²) in [7, 11) is 4.04. The van der Waals surface area contributed by atoms with Gasteiger partial charge in [-0.15, -0.1) is 0 Å². The van der Waals surface area contributed by atoms with Gasteiger partial charge in [-0.05, 0) is 32.9 Å².